The molecule has 0 radical (unpaired) electrons. The highest BCUT2D eigenvalue weighted by molar-refractivity contribution is 7.89. The zero-order valence-electron chi connectivity index (χ0n) is 13.0. The molecule has 0 aliphatic rings. The second kappa shape index (κ2) is 7.04. The maximum atomic E-state index is 12.6. The largest absolute Gasteiger partial charge is 0.335 e. The van der Waals surface area contributed by atoms with Crippen LogP contribution < -0.4 is 5.14 Å². The normalized spacial score (nSPS) is 11.9. The summed E-state index contributed by atoms with van der Waals surface area (Å²) in [6.45, 7) is 8.16. The number of carbonyl (C=O) groups is 1. The zero-order chi connectivity index (χ0) is 16.2. The predicted molar refractivity (Wildman–Crippen MR) is 80.4 cm³/mol. The SMILES string of the molecule is CCCc1[nH]nc(C(=O)N(CCC)C(C)C)c1S(N)(=O)=O. The fourth-order valence-corrected chi connectivity index (χ4v) is 3.10. The molecule has 7 nitrogen and oxygen atoms in total. The lowest BCUT2D eigenvalue weighted by Crippen LogP contribution is -2.38. The Bertz CT molecular complexity index is 593. The van der Waals surface area contributed by atoms with E-state index in [0.29, 0.717) is 18.7 Å². The van der Waals surface area contributed by atoms with Gasteiger partial charge in [-0.25, -0.2) is 13.6 Å². The quantitative estimate of drug-likeness (QED) is 0.789. The van der Waals surface area contributed by atoms with Crippen molar-refractivity contribution in [3.05, 3.63) is 11.4 Å². The van der Waals surface area contributed by atoms with Gasteiger partial charge in [-0.1, -0.05) is 20.3 Å². The molecular weight excluding hydrogens is 292 g/mol. The Morgan fingerprint density at radius 2 is 1.95 bits per heavy atom. The molecule has 0 spiro atoms. The summed E-state index contributed by atoms with van der Waals surface area (Å²) in [7, 11) is -4.00. The monoisotopic (exact) mass is 316 g/mol. The molecule has 0 atom stereocenters. The van der Waals surface area contributed by atoms with E-state index >= 15 is 0 Å². The average molecular weight is 316 g/mol. The van der Waals surface area contributed by atoms with Crippen LogP contribution in [-0.2, 0) is 16.4 Å². The van der Waals surface area contributed by atoms with E-state index in [2.05, 4.69) is 10.2 Å². The standard InChI is InChI=1S/C13H24N4O3S/c1-5-7-10-12(21(14,19)20)11(16-15-10)13(18)17(8-6-2)9(3)4/h9H,5-8H2,1-4H3,(H,15,16)(H2,14,19,20). The van der Waals surface area contributed by atoms with Gasteiger partial charge in [0.2, 0.25) is 10.0 Å². The average Bonchev–Trinajstić information content (AvgIpc) is 2.79. The van der Waals surface area contributed by atoms with E-state index in [1.165, 1.54) is 0 Å². The molecule has 120 valence electrons. The van der Waals surface area contributed by atoms with Crippen LogP contribution in [-0.4, -0.2) is 42.0 Å². The number of sulfonamides is 1. The van der Waals surface area contributed by atoms with E-state index in [4.69, 9.17) is 5.14 Å². The number of aromatic amines is 1. The lowest BCUT2D eigenvalue weighted by Gasteiger charge is -2.25. The van der Waals surface area contributed by atoms with Gasteiger partial charge in [-0.05, 0) is 26.7 Å². The van der Waals surface area contributed by atoms with Crippen LogP contribution in [0.1, 0.15) is 56.7 Å². The second-order valence-corrected chi connectivity index (χ2v) is 6.77. The highest BCUT2D eigenvalue weighted by atomic mass is 32.2. The smallest absolute Gasteiger partial charge is 0.276 e. The maximum Gasteiger partial charge on any atom is 0.276 e. The van der Waals surface area contributed by atoms with Gasteiger partial charge >= 0.3 is 0 Å². The van der Waals surface area contributed by atoms with Crippen molar-refractivity contribution in [2.24, 2.45) is 5.14 Å². The van der Waals surface area contributed by atoms with Gasteiger partial charge in [0.25, 0.3) is 5.91 Å². The van der Waals surface area contributed by atoms with Gasteiger partial charge in [0.05, 0.1) is 5.69 Å². The van der Waals surface area contributed by atoms with Crippen molar-refractivity contribution in [1.29, 1.82) is 0 Å². The third kappa shape index (κ3) is 4.04. The highest BCUT2D eigenvalue weighted by Gasteiger charge is 2.30. The molecule has 1 rings (SSSR count). The number of aromatic nitrogens is 2. The van der Waals surface area contributed by atoms with Crippen LogP contribution in [0.2, 0.25) is 0 Å². The van der Waals surface area contributed by atoms with Gasteiger partial charge in [-0.2, -0.15) is 5.10 Å². The van der Waals surface area contributed by atoms with Crippen molar-refractivity contribution in [2.45, 2.75) is 57.9 Å². The highest BCUT2D eigenvalue weighted by Crippen LogP contribution is 2.20. The number of primary sulfonamides is 1. The molecule has 0 saturated heterocycles. The summed E-state index contributed by atoms with van der Waals surface area (Å²) >= 11 is 0. The molecular formula is C13H24N4O3S. The number of carbonyl (C=O) groups excluding carboxylic acids is 1. The minimum Gasteiger partial charge on any atom is -0.335 e. The molecule has 0 unspecified atom stereocenters. The van der Waals surface area contributed by atoms with Gasteiger partial charge in [0, 0.05) is 12.6 Å². The number of nitrogens with two attached hydrogens (primary N) is 1. The first-order chi connectivity index (χ1) is 9.73. The molecule has 1 aromatic heterocycles. The van der Waals surface area contributed by atoms with Gasteiger partial charge < -0.3 is 4.90 Å². The van der Waals surface area contributed by atoms with Crippen LogP contribution in [0.3, 0.4) is 0 Å². The molecule has 1 heterocycles. The third-order valence-corrected chi connectivity index (χ3v) is 4.14. The molecule has 21 heavy (non-hydrogen) atoms. The van der Waals surface area contributed by atoms with Gasteiger partial charge in [-0.15, -0.1) is 0 Å². The first kappa shape index (κ1) is 17.6. The van der Waals surface area contributed by atoms with Crippen LogP contribution in [0.4, 0.5) is 0 Å². The maximum absolute atomic E-state index is 12.6. The number of amides is 1. The molecule has 0 aliphatic carbocycles. The summed E-state index contributed by atoms with van der Waals surface area (Å²) in [5, 5.41) is 11.8. The Balaban J connectivity index is 3.33. The minimum atomic E-state index is -4.00. The summed E-state index contributed by atoms with van der Waals surface area (Å²) in [6, 6.07) is -0.0443. The number of H-pyrrole nitrogens is 1. The van der Waals surface area contributed by atoms with E-state index in [1.807, 2.05) is 27.7 Å². The van der Waals surface area contributed by atoms with E-state index in [9.17, 15) is 13.2 Å². The van der Waals surface area contributed by atoms with E-state index in [0.717, 1.165) is 12.8 Å². The molecule has 1 aromatic rings. The Kier molecular flexibility index (Phi) is 5.91. The Morgan fingerprint density at radius 3 is 2.38 bits per heavy atom. The van der Waals surface area contributed by atoms with Crippen molar-refractivity contribution in [1.82, 2.24) is 15.1 Å². The number of hydrogen-bond acceptors (Lipinski definition) is 4. The summed E-state index contributed by atoms with van der Waals surface area (Å²) in [5.41, 5.74) is 0.284. The number of nitrogens with zero attached hydrogens (tertiary/aromatic N) is 2. The fraction of sp³-hybridized carbons (Fsp3) is 0.692. The predicted octanol–water partition coefficient (Wildman–Crippen LogP) is 1.27. The lowest BCUT2D eigenvalue weighted by atomic mass is 10.2. The molecule has 0 saturated carbocycles. The Morgan fingerprint density at radius 1 is 1.33 bits per heavy atom. The number of rotatable bonds is 7. The van der Waals surface area contributed by atoms with Crippen LogP contribution in [0.5, 0.6) is 0 Å². The van der Waals surface area contributed by atoms with Crippen molar-refractivity contribution < 1.29 is 13.2 Å². The van der Waals surface area contributed by atoms with Crippen LogP contribution in [0.15, 0.2) is 4.90 Å². The van der Waals surface area contributed by atoms with E-state index in [-0.39, 0.29) is 16.6 Å². The number of aryl methyl sites for hydroxylation is 1. The molecule has 0 bridgehead atoms. The van der Waals surface area contributed by atoms with Crippen molar-refractivity contribution >= 4 is 15.9 Å². The molecule has 3 N–H and O–H groups in total. The van der Waals surface area contributed by atoms with E-state index < -0.39 is 15.9 Å². The van der Waals surface area contributed by atoms with Gasteiger partial charge in [0.1, 0.15) is 4.90 Å². The molecule has 0 aromatic carbocycles. The summed E-state index contributed by atoms with van der Waals surface area (Å²) < 4.78 is 23.6. The molecule has 0 aliphatic heterocycles. The van der Waals surface area contributed by atoms with Crippen LogP contribution in [0, 0.1) is 0 Å². The Labute approximate surface area is 126 Å². The van der Waals surface area contributed by atoms with Crippen molar-refractivity contribution in [2.75, 3.05) is 6.54 Å². The van der Waals surface area contributed by atoms with Crippen molar-refractivity contribution in [3.63, 3.8) is 0 Å². The molecule has 1 amide bonds. The first-order valence-electron chi connectivity index (χ1n) is 7.14. The minimum absolute atomic E-state index is 0.0443. The van der Waals surface area contributed by atoms with Gasteiger partial charge in [0.15, 0.2) is 5.69 Å². The summed E-state index contributed by atoms with van der Waals surface area (Å²) in [5.74, 6) is -0.408. The van der Waals surface area contributed by atoms with E-state index in [1.54, 1.807) is 4.90 Å². The lowest BCUT2D eigenvalue weighted by molar-refractivity contribution is 0.0696. The Hall–Kier alpha value is -1.41. The van der Waals surface area contributed by atoms with Gasteiger partial charge in [-0.3, -0.25) is 9.89 Å². The summed E-state index contributed by atoms with van der Waals surface area (Å²) in [4.78, 5) is 14.0. The number of hydrogen-bond donors (Lipinski definition) is 2. The summed E-state index contributed by atoms with van der Waals surface area (Å²) in [6.07, 6.45) is 1.98. The first-order valence-corrected chi connectivity index (χ1v) is 8.69. The topological polar surface area (TPSA) is 109 Å². The molecule has 8 heteroatoms. The zero-order valence-corrected chi connectivity index (χ0v) is 13.8. The van der Waals surface area contributed by atoms with Crippen LogP contribution >= 0.6 is 0 Å². The third-order valence-electron chi connectivity index (χ3n) is 3.13. The molecule has 0 fully saturated rings. The second-order valence-electron chi connectivity index (χ2n) is 5.27. The fourth-order valence-electron chi connectivity index (χ4n) is 2.21. The number of nitrogens with one attached hydrogen (secondary N) is 1. The van der Waals surface area contributed by atoms with Crippen molar-refractivity contribution in [3.8, 4) is 0 Å². The van der Waals surface area contributed by atoms with Crippen LogP contribution in [0.25, 0.3) is 0 Å².